The predicted octanol–water partition coefficient (Wildman–Crippen LogP) is 2.75. The van der Waals surface area contributed by atoms with Crippen LogP contribution in [0.4, 0.5) is 4.39 Å². The fourth-order valence-corrected chi connectivity index (χ4v) is 2.49. The standard InChI is InChI=1S/C12H10FNO3S/c1-6-8(4-10(18-6)12(16)17-2)11-9(15)3-7(13)5-14-11/h3-5,15H,1-2H3. The molecule has 0 aromatic carbocycles. The molecule has 0 atom stereocenters. The second kappa shape index (κ2) is 4.73. The zero-order valence-corrected chi connectivity index (χ0v) is 10.5. The second-order valence-electron chi connectivity index (χ2n) is 3.59. The van der Waals surface area contributed by atoms with Crippen LogP contribution in [-0.2, 0) is 4.74 Å². The van der Waals surface area contributed by atoms with Gasteiger partial charge in [-0.1, -0.05) is 0 Å². The highest BCUT2D eigenvalue weighted by Gasteiger charge is 2.17. The summed E-state index contributed by atoms with van der Waals surface area (Å²) < 4.78 is 17.5. The lowest BCUT2D eigenvalue weighted by Gasteiger charge is -2.02. The number of carbonyl (C=O) groups excluding carboxylic acids is 1. The van der Waals surface area contributed by atoms with Gasteiger partial charge >= 0.3 is 5.97 Å². The van der Waals surface area contributed by atoms with E-state index in [1.807, 2.05) is 0 Å². The first-order chi connectivity index (χ1) is 8.52. The summed E-state index contributed by atoms with van der Waals surface area (Å²) in [5, 5.41) is 9.66. The summed E-state index contributed by atoms with van der Waals surface area (Å²) in [6.07, 6.45) is 1.02. The maximum Gasteiger partial charge on any atom is 0.348 e. The summed E-state index contributed by atoms with van der Waals surface area (Å²) >= 11 is 1.24. The van der Waals surface area contributed by atoms with E-state index in [9.17, 15) is 14.3 Å². The molecule has 2 aromatic rings. The van der Waals surface area contributed by atoms with Crippen molar-refractivity contribution < 1.29 is 19.0 Å². The minimum absolute atomic E-state index is 0.250. The Hall–Kier alpha value is -1.95. The number of nitrogens with zero attached hydrogens (tertiary/aromatic N) is 1. The van der Waals surface area contributed by atoms with Gasteiger partial charge in [-0.05, 0) is 13.0 Å². The molecule has 2 heterocycles. The number of methoxy groups -OCH3 is 1. The average molecular weight is 267 g/mol. The van der Waals surface area contributed by atoms with E-state index in [0.29, 0.717) is 10.4 Å². The highest BCUT2D eigenvalue weighted by molar-refractivity contribution is 7.14. The molecule has 0 radical (unpaired) electrons. The number of hydrogen-bond acceptors (Lipinski definition) is 5. The first kappa shape index (κ1) is 12.5. The van der Waals surface area contributed by atoms with Gasteiger partial charge in [-0.3, -0.25) is 0 Å². The SMILES string of the molecule is COC(=O)c1cc(-c2ncc(F)cc2O)c(C)s1. The fourth-order valence-electron chi connectivity index (χ4n) is 1.55. The van der Waals surface area contributed by atoms with E-state index in [1.54, 1.807) is 13.0 Å². The molecule has 0 bridgehead atoms. The summed E-state index contributed by atoms with van der Waals surface area (Å²) in [5.74, 6) is -1.32. The van der Waals surface area contributed by atoms with Crippen molar-refractivity contribution in [1.82, 2.24) is 4.98 Å². The highest BCUT2D eigenvalue weighted by Crippen LogP contribution is 2.34. The lowest BCUT2D eigenvalue weighted by atomic mass is 10.1. The summed E-state index contributed by atoms with van der Waals surface area (Å²) in [4.78, 5) is 16.4. The molecule has 2 aromatic heterocycles. The molecular weight excluding hydrogens is 257 g/mol. The van der Waals surface area contributed by atoms with Crippen LogP contribution in [0.2, 0.25) is 0 Å². The zero-order valence-electron chi connectivity index (χ0n) is 9.73. The second-order valence-corrected chi connectivity index (χ2v) is 4.85. The Morgan fingerprint density at radius 2 is 2.22 bits per heavy atom. The largest absolute Gasteiger partial charge is 0.506 e. The third kappa shape index (κ3) is 2.19. The van der Waals surface area contributed by atoms with E-state index in [1.165, 1.54) is 18.4 Å². The Labute approximate surface area is 107 Å². The van der Waals surface area contributed by atoms with Crippen molar-refractivity contribution in [2.24, 2.45) is 0 Å². The number of carbonyl (C=O) groups is 1. The number of aromatic nitrogens is 1. The van der Waals surface area contributed by atoms with Crippen molar-refractivity contribution in [3.63, 3.8) is 0 Å². The molecule has 0 fully saturated rings. The molecule has 4 nitrogen and oxygen atoms in total. The van der Waals surface area contributed by atoms with Crippen molar-refractivity contribution in [2.75, 3.05) is 7.11 Å². The smallest absolute Gasteiger partial charge is 0.348 e. The first-order valence-corrected chi connectivity index (χ1v) is 5.88. The highest BCUT2D eigenvalue weighted by atomic mass is 32.1. The molecule has 1 N–H and O–H groups in total. The molecule has 0 saturated heterocycles. The Morgan fingerprint density at radius 3 is 2.83 bits per heavy atom. The van der Waals surface area contributed by atoms with Gasteiger partial charge in [-0.15, -0.1) is 11.3 Å². The normalized spacial score (nSPS) is 10.4. The van der Waals surface area contributed by atoms with Crippen LogP contribution in [-0.4, -0.2) is 23.2 Å². The van der Waals surface area contributed by atoms with Crippen LogP contribution < -0.4 is 0 Å². The van der Waals surface area contributed by atoms with Crippen LogP contribution in [0.15, 0.2) is 18.3 Å². The third-order valence-corrected chi connectivity index (χ3v) is 3.42. The molecule has 0 aliphatic carbocycles. The van der Waals surface area contributed by atoms with E-state index >= 15 is 0 Å². The van der Waals surface area contributed by atoms with E-state index in [-0.39, 0.29) is 11.4 Å². The van der Waals surface area contributed by atoms with Crippen LogP contribution in [0, 0.1) is 12.7 Å². The van der Waals surface area contributed by atoms with Gasteiger partial charge in [0.25, 0.3) is 0 Å². The number of pyridine rings is 1. The molecular formula is C12H10FNO3S. The van der Waals surface area contributed by atoms with Gasteiger partial charge < -0.3 is 9.84 Å². The van der Waals surface area contributed by atoms with Crippen LogP contribution in [0.5, 0.6) is 5.75 Å². The summed E-state index contributed by atoms with van der Waals surface area (Å²) in [7, 11) is 1.30. The summed E-state index contributed by atoms with van der Waals surface area (Å²) in [5.41, 5.74) is 0.846. The van der Waals surface area contributed by atoms with E-state index in [2.05, 4.69) is 9.72 Å². The van der Waals surface area contributed by atoms with E-state index < -0.39 is 11.8 Å². The van der Waals surface area contributed by atoms with Crippen LogP contribution in [0.1, 0.15) is 14.5 Å². The molecule has 0 unspecified atom stereocenters. The number of halogens is 1. The lowest BCUT2D eigenvalue weighted by Crippen LogP contribution is -1.97. The number of thiophene rings is 1. The Morgan fingerprint density at radius 1 is 1.50 bits per heavy atom. The minimum Gasteiger partial charge on any atom is -0.506 e. The average Bonchev–Trinajstić information content (AvgIpc) is 2.70. The van der Waals surface area contributed by atoms with Crippen LogP contribution >= 0.6 is 11.3 Å². The van der Waals surface area contributed by atoms with Crippen molar-refractivity contribution in [2.45, 2.75) is 6.92 Å². The molecule has 0 aliphatic rings. The van der Waals surface area contributed by atoms with Gasteiger partial charge in [-0.2, -0.15) is 0 Å². The topological polar surface area (TPSA) is 59.4 Å². The molecule has 0 aliphatic heterocycles. The monoisotopic (exact) mass is 267 g/mol. The number of esters is 1. The Kier molecular flexibility index (Phi) is 3.29. The van der Waals surface area contributed by atoms with Gasteiger partial charge in [0.2, 0.25) is 0 Å². The van der Waals surface area contributed by atoms with Crippen LogP contribution in [0.3, 0.4) is 0 Å². The molecule has 94 valence electrons. The number of rotatable bonds is 2. The Bertz CT molecular complexity index is 609. The third-order valence-electron chi connectivity index (χ3n) is 2.39. The summed E-state index contributed by atoms with van der Waals surface area (Å²) in [6, 6.07) is 2.56. The number of aromatic hydroxyl groups is 1. The van der Waals surface area contributed by atoms with Gasteiger partial charge in [0.05, 0.1) is 13.3 Å². The molecule has 6 heteroatoms. The summed E-state index contributed by atoms with van der Waals surface area (Å²) in [6.45, 7) is 1.79. The molecule has 0 amide bonds. The van der Waals surface area contributed by atoms with E-state index in [4.69, 9.17) is 0 Å². The first-order valence-electron chi connectivity index (χ1n) is 5.06. The van der Waals surface area contributed by atoms with Gasteiger partial charge in [0.15, 0.2) is 0 Å². The number of hydrogen-bond donors (Lipinski definition) is 1. The minimum atomic E-state index is -0.614. The van der Waals surface area contributed by atoms with Crippen LogP contribution in [0.25, 0.3) is 11.3 Å². The number of ether oxygens (including phenoxy) is 1. The van der Waals surface area contributed by atoms with Gasteiger partial charge in [0, 0.05) is 16.5 Å². The lowest BCUT2D eigenvalue weighted by molar-refractivity contribution is 0.0606. The van der Waals surface area contributed by atoms with Gasteiger partial charge in [-0.25, -0.2) is 14.2 Å². The number of aryl methyl sites for hydroxylation is 1. The maximum atomic E-state index is 12.9. The fraction of sp³-hybridized carbons (Fsp3) is 0.167. The Balaban J connectivity index is 2.51. The van der Waals surface area contributed by atoms with Gasteiger partial charge in [0.1, 0.15) is 22.1 Å². The molecule has 2 rings (SSSR count). The van der Waals surface area contributed by atoms with Crippen molar-refractivity contribution in [1.29, 1.82) is 0 Å². The molecule has 18 heavy (non-hydrogen) atoms. The molecule has 0 spiro atoms. The van der Waals surface area contributed by atoms with Crippen molar-refractivity contribution >= 4 is 17.3 Å². The zero-order chi connectivity index (χ0) is 13.3. The van der Waals surface area contributed by atoms with E-state index in [0.717, 1.165) is 17.1 Å². The molecule has 0 saturated carbocycles. The van der Waals surface area contributed by atoms with Crippen molar-refractivity contribution in [3.8, 4) is 17.0 Å². The maximum absolute atomic E-state index is 12.9. The van der Waals surface area contributed by atoms with Crippen molar-refractivity contribution in [3.05, 3.63) is 33.9 Å². The quantitative estimate of drug-likeness (QED) is 0.850. The predicted molar refractivity (Wildman–Crippen MR) is 65.2 cm³/mol.